The molecule has 0 amide bonds. The second-order valence-electron chi connectivity index (χ2n) is 0.509. The highest BCUT2D eigenvalue weighted by Gasteiger charge is 1.53. The first-order chi connectivity index (χ1) is 3.46. The van der Waals surface area contributed by atoms with Gasteiger partial charge in [0, 0.05) is 0 Å². The Balaban J connectivity index is 0. The SMILES string of the molecule is NP([O-])[O-].O=[P+]([O-])[O-]. The van der Waals surface area contributed by atoms with Gasteiger partial charge in [-0.05, 0) is 0 Å². The summed E-state index contributed by atoms with van der Waals surface area (Å²) in [6.45, 7) is 0. The Bertz CT molecular complexity index is 54.7. The highest BCUT2D eigenvalue weighted by Crippen LogP contribution is 1.86. The molecule has 2 N–H and O–H groups in total. The summed E-state index contributed by atoms with van der Waals surface area (Å²) in [6.07, 6.45) is 0. The van der Waals surface area contributed by atoms with Gasteiger partial charge in [0.05, 0.1) is 0 Å². The third-order valence-corrected chi connectivity index (χ3v) is 0. The molecule has 0 spiro atoms. The molecule has 0 aliphatic rings. The van der Waals surface area contributed by atoms with Gasteiger partial charge in [-0.15, -0.1) is 0 Å². The Kier molecular flexibility index (Phi) is 10.2. The lowest BCUT2D eigenvalue weighted by molar-refractivity contribution is -0.297. The average molecular weight is 158 g/mol. The molecule has 0 radical (unpaired) electrons. The van der Waals surface area contributed by atoms with Gasteiger partial charge < -0.3 is 25.1 Å². The second-order valence-corrected chi connectivity index (χ2v) is 1.53. The molecule has 8 heteroatoms. The van der Waals surface area contributed by atoms with Crippen LogP contribution in [-0.4, -0.2) is 0 Å². The molecule has 0 aromatic carbocycles. The third kappa shape index (κ3) is 1650. The molecule has 0 saturated heterocycles. The van der Waals surface area contributed by atoms with Crippen LogP contribution in [0.1, 0.15) is 0 Å². The van der Waals surface area contributed by atoms with Crippen molar-refractivity contribution in [2.75, 3.05) is 0 Å². The van der Waals surface area contributed by atoms with E-state index >= 15 is 0 Å². The molecule has 0 bridgehead atoms. The Morgan fingerprint density at radius 2 is 1.38 bits per heavy atom. The normalized spacial score (nSPS) is 7.75. The number of hydrogen-bond donors (Lipinski definition) is 1. The van der Waals surface area contributed by atoms with Crippen molar-refractivity contribution in [1.82, 2.24) is 0 Å². The lowest BCUT2D eigenvalue weighted by atomic mass is 13.9. The lowest BCUT2D eigenvalue weighted by Gasteiger charge is -2.22. The van der Waals surface area contributed by atoms with E-state index in [0.29, 0.717) is 0 Å². The van der Waals surface area contributed by atoms with Gasteiger partial charge in [0.2, 0.25) is 0 Å². The molecule has 50 valence electrons. The van der Waals surface area contributed by atoms with E-state index in [0.717, 1.165) is 0 Å². The van der Waals surface area contributed by atoms with E-state index < -0.39 is 16.8 Å². The van der Waals surface area contributed by atoms with Crippen molar-refractivity contribution in [3.8, 4) is 0 Å². The maximum Gasteiger partial charge on any atom is 0.276 e. The van der Waals surface area contributed by atoms with E-state index in [1.807, 2.05) is 0 Å². The molecule has 0 atom stereocenters. The van der Waals surface area contributed by atoms with Crippen LogP contribution >= 0.6 is 16.8 Å². The molecule has 8 heavy (non-hydrogen) atoms. The van der Waals surface area contributed by atoms with E-state index in [9.17, 15) is 0 Å². The van der Waals surface area contributed by atoms with Crippen LogP contribution in [0.3, 0.4) is 0 Å². The van der Waals surface area contributed by atoms with Gasteiger partial charge in [0.25, 0.3) is 8.25 Å². The summed E-state index contributed by atoms with van der Waals surface area (Å²) in [7, 11) is -5.99. The van der Waals surface area contributed by atoms with Gasteiger partial charge in [-0.1, -0.05) is 4.57 Å². The zero-order chi connectivity index (χ0) is 7.15. The van der Waals surface area contributed by atoms with E-state index in [-0.39, 0.29) is 0 Å². The molecule has 0 aromatic heterocycles. The van der Waals surface area contributed by atoms with Gasteiger partial charge in [-0.2, -0.15) is 0 Å². The predicted molar refractivity (Wildman–Crippen MR) is 18.7 cm³/mol. The zero-order valence-corrected chi connectivity index (χ0v) is 5.30. The number of hydrogen-bond acceptors (Lipinski definition) is 6. The van der Waals surface area contributed by atoms with E-state index in [1.54, 1.807) is 0 Å². The van der Waals surface area contributed by atoms with Gasteiger partial charge in [0.15, 0.2) is 0 Å². The van der Waals surface area contributed by atoms with Crippen LogP contribution in [0.15, 0.2) is 0 Å². The van der Waals surface area contributed by atoms with E-state index in [2.05, 4.69) is 5.50 Å². The summed E-state index contributed by atoms with van der Waals surface area (Å²) < 4.78 is 8.48. The molecule has 0 aliphatic heterocycles. The lowest BCUT2D eigenvalue weighted by Crippen LogP contribution is -2.14. The standard InChI is InChI=1S/H2NO2P.HO3P/c2*1-4(2)3/h1H2;(H,1,2,3)/q-2;/p-1. The Labute approximate surface area is 47.5 Å². The first-order valence-electron chi connectivity index (χ1n) is 1.17. The summed E-state index contributed by atoms with van der Waals surface area (Å²) in [6, 6.07) is 0. The Hall–Kier alpha value is 0.330. The van der Waals surface area contributed by atoms with E-state index in [4.69, 9.17) is 24.1 Å². The maximum absolute atomic E-state index is 8.81. The molecule has 0 unspecified atom stereocenters. The van der Waals surface area contributed by atoms with Gasteiger partial charge in [0.1, 0.15) is 0 Å². The van der Waals surface area contributed by atoms with Crippen molar-refractivity contribution in [3.05, 3.63) is 0 Å². The summed E-state index contributed by atoms with van der Waals surface area (Å²) >= 11 is 0. The predicted octanol–water partition coefficient (Wildman–Crippen LogP) is -3.74. The second kappa shape index (κ2) is 7.33. The van der Waals surface area contributed by atoms with Crippen LogP contribution in [0.25, 0.3) is 0 Å². The summed E-state index contributed by atoms with van der Waals surface area (Å²) in [5.41, 5.74) is 4.06. The molecule has 0 heterocycles. The van der Waals surface area contributed by atoms with Crippen molar-refractivity contribution in [1.29, 1.82) is 0 Å². The minimum atomic E-state index is -3.37. The molecule has 0 rings (SSSR count). The molecule has 0 aromatic rings. The quantitative estimate of drug-likeness (QED) is 0.359. The van der Waals surface area contributed by atoms with E-state index in [1.165, 1.54) is 0 Å². The highest BCUT2D eigenvalue weighted by molar-refractivity contribution is 7.39. The topological polar surface area (TPSA) is 135 Å². The maximum atomic E-state index is 8.81. The fourth-order valence-electron chi connectivity index (χ4n) is 0. The van der Waals surface area contributed by atoms with Crippen LogP contribution in [-0.2, 0) is 4.57 Å². The van der Waals surface area contributed by atoms with Crippen molar-refractivity contribution in [2.45, 2.75) is 0 Å². The molecule has 0 aliphatic carbocycles. The Morgan fingerprint density at radius 1 is 1.38 bits per heavy atom. The monoisotopic (exact) mass is 158 g/mol. The van der Waals surface area contributed by atoms with Gasteiger partial charge in [-0.3, -0.25) is 0 Å². The summed E-state index contributed by atoms with van der Waals surface area (Å²) in [5, 5.41) is 0. The van der Waals surface area contributed by atoms with Crippen molar-refractivity contribution in [3.63, 3.8) is 0 Å². The van der Waals surface area contributed by atoms with Crippen LogP contribution in [0.2, 0.25) is 0 Å². The minimum Gasteiger partial charge on any atom is -0.830 e. The molecule has 0 saturated carbocycles. The van der Waals surface area contributed by atoms with Crippen molar-refractivity contribution < 1.29 is 24.1 Å². The highest BCUT2D eigenvalue weighted by atomic mass is 31.2. The fourth-order valence-corrected chi connectivity index (χ4v) is 0. The largest absolute Gasteiger partial charge is 0.830 e. The molecular weight excluding hydrogens is 156 g/mol. The van der Waals surface area contributed by atoms with Crippen LogP contribution in [0.4, 0.5) is 0 Å². The van der Waals surface area contributed by atoms with Crippen molar-refractivity contribution >= 4 is 16.8 Å². The third-order valence-electron chi connectivity index (χ3n) is 0. The summed E-state index contributed by atoms with van der Waals surface area (Å²) in [4.78, 5) is 34.6. The number of rotatable bonds is 0. The van der Waals surface area contributed by atoms with Crippen LogP contribution in [0.5, 0.6) is 0 Å². The number of nitrogens with two attached hydrogens (primary N) is 1. The molecule has 0 fully saturated rings. The van der Waals surface area contributed by atoms with Crippen LogP contribution < -0.4 is 25.1 Å². The van der Waals surface area contributed by atoms with Gasteiger partial charge >= 0.3 is 0 Å². The minimum absolute atomic E-state index is 2.62. The zero-order valence-electron chi connectivity index (χ0n) is 3.51. The average Bonchev–Trinajstić information content (AvgIpc) is 1.25. The summed E-state index contributed by atoms with van der Waals surface area (Å²) in [5.74, 6) is 0. The molecular formula is H2NO5P2-3. The first-order valence-corrected chi connectivity index (χ1v) is 3.51. The molecule has 6 nitrogen and oxygen atoms in total. The van der Waals surface area contributed by atoms with Gasteiger partial charge in [-0.25, -0.2) is 8.53 Å². The Morgan fingerprint density at radius 3 is 1.38 bits per heavy atom. The fraction of sp³-hybridized carbons (Fsp3) is 0. The van der Waals surface area contributed by atoms with Crippen molar-refractivity contribution in [2.24, 2.45) is 5.50 Å². The smallest absolute Gasteiger partial charge is 0.276 e. The first kappa shape index (κ1) is 11.2. The van der Waals surface area contributed by atoms with Crippen LogP contribution in [0, 0.1) is 0 Å².